The van der Waals surface area contributed by atoms with E-state index >= 15 is 0 Å². The molecule has 156 valence electrons. The highest BCUT2D eigenvalue weighted by Gasteiger charge is 2.25. The van der Waals surface area contributed by atoms with E-state index in [1.807, 2.05) is 36.5 Å². The monoisotopic (exact) mass is 408 g/mol. The second kappa shape index (κ2) is 9.60. The van der Waals surface area contributed by atoms with Crippen molar-refractivity contribution in [3.8, 4) is 0 Å². The van der Waals surface area contributed by atoms with Crippen molar-refractivity contribution in [2.75, 3.05) is 7.11 Å². The Morgan fingerprint density at radius 3 is 2.43 bits per heavy atom. The SMILES string of the molecule is COC(=O)C(Cc1c[nH]c2ccccc12)NC(=O)CC(NC(N)=O)c1ccccc1. The molecule has 0 spiro atoms. The third-order valence-electron chi connectivity index (χ3n) is 4.83. The summed E-state index contributed by atoms with van der Waals surface area (Å²) < 4.78 is 4.87. The minimum absolute atomic E-state index is 0.0751. The summed E-state index contributed by atoms with van der Waals surface area (Å²) in [6.07, 6.45) is 2.00. The maximum absolute atomic E-state index is 12.7. The number of nitrogens with two attached hydrogens (primary N) is 1. The molecule has 0 saturated carbocycles. The van der Waals surface area contributed by atoms with Gasteiger partial charge in [0.25, 0.3) is 0 Å². The van der Waals surface area contributed by atoms with E-state index in [2.05, 4.69) is 15.6 Å². The number of primary amides is 1. The largest absolute Gasteiger partial charge is 0.467 e. The summed E-state index contributed by atoms with van der Waals surface area (Å²) in [6.45, 7) is 0. The molecule has 0 bridgehead atoms. The van der Waals surface area contributed by atoms with Gasteiger partial charge in [-0.3, -0.25) is 4.79 Å². The van der Waals surface area contributed by atoms with Gasteiger partial charge in [0.2, 0.25) is 5.91 Å². The van der Waals surface area contributed by atoms with Gasteiger partial charge in [-0.25, -0.2) is 9.59 Å². The first kappa shape index (κ1) is 20.9. The number of ether oxygens (including phenoxy) is 1. The minimum Gasteiger partial charge on any atom is -0.467 e. The number of nitrogens with one attached hydrogen (secondary N) is 3. The first-order valence-corrected chi connectivity index (χ1v) is 9.51. The maximum atomic E-state index is 12.7. The minimum atomic E-state index is -0.869. The van der Waals surface area contributed by atoms with Gasteiger partial charge in [-0.15, -0.1) is 0 Å². The molecule has 0 fully saturated rings. The molecule has 0 aliphatic heterocycles. The van der Waals surface area contributed by atoms with E-state index in [1.54, 1.807) is 24.3 Å². The van der Waals surface area contributed by atoms with Gasteiger partial charge in [0.15, 0.2) is 0 Å². The van der Waals surface area contributed by atoms with E-state index in [9.17, 15) is 14.4 Å². The number of urea groups is 1. The van der Waals surface area contributed by atoms with Crippen LogP contribution in [0.5, 0.6) is 0 Å². The summed E-state index contributed by atoms with van der Waals surface area (Å²) in [5.74, 6) is -0.958. The molecule has 3 amide bonds. The van der Waals surface area contributed by atoms with Crippen LogP contribution in [0.3, 0.4) is 0 Å². The van der Waals surface area contributed by atoms with Crippen LogP contribution in [0.25, 0.3) is 10.9 Å². The molecule has 5 N–H and O–H groups in total. The van der Waals surface area contributed by atoms with Gasteiger partial charge in [0.05, 0.1) is 19.6 Å². The summed E-state index contributed by atoms with van der Waals surface area (Å²) in [4.78, 5) is 39.6. The summed E-state index contributed by atoms with van der Waals surface area (Å²) in [6, 6.07) is 14.5. The Morgan fingerprint density at radius 1 is 1.03 bits per heavy atom. The molecule has 0 saturated heterocycles. The van der Waals surface area contributed by atoms with Crippen molar-refractivity contribution in [2.45, 2.75) is 24.9 Å². The molecule has 1 aromatic heterocycles. The number of carbonyl (C=O) groups excluding carboxylic acids is 3. The number of H-pyrrole nitrogens is 1. The predicted octanol–water partition coefficient (Wildman–Crippen LogP) is 2.17. The van der Waals surface area contributed by atoms with E-state index in [0.717, 1.165) is 22.0 Å². The Hall–Kier alpha value is -3.81. The van der Waals surface area contributed by atoms with Crippen LogP contribution in [0.15, 0.2) is 60.8 Å². The first-order chi connectivity index (χ1) is 14.5. The van der Waals surface area contributed by atoms with Gasteiger partial charge >= 0.3 is 12.0 Å². The molecule has 8 nitrogen and oxygen atoms in total. The molecule has 8 heteroatoms. The number of hydrogen-bond donors (Lipinski definition) is 4. The lowest BCUT2D eigenvalue weighted by Crippen LogP contribution is -2.44. The van der Waals surface area contributed by atoms with Gasteiger partial charge < -0.3 is 26.1 Å². The Bertz CT molecular complexity index is 1030. The number of fused-ring (bicyclic) bond motifs is 1. The van der Waals surface area contributed by atoms with Crippen molar-refractivity contribution in [3.63, 3.8) is 0 Å². The van der Waals surface area contributed by atoms with Crippen LogP contribution < -0.4 is 16.4 Å². The molecule has 0 aliphatic rings. The lowest BCUT2D eigenvalue weighted by Gasteiger charge is -2.20. The number of benzene rings is 2. The van der Waals surface area contributed by atoms with Crippen molar-refractivity contribution in [2.24, 2.45) is 5.73 Å². The van der Waals surface area contributed by atoms with Crippen molar-refractivity contribution >= 4 is 28.8 Å². The number of aromatic amines is 1. The molecule has 2 atom stereocenters. The summed E-state index contributed by atoms with van der Waals surface area (Å²) in [5.41, 5.74) is 7.82. The van der Waals surface area contributed by atoms with Crippen LogP contribution in [0.4, 0.5) is 4.79 Å². The number of para-hydroxylation sites is 1. The van der Waals surface area contributed by atoms with E-state index in [4.69, 9.17) is 10.5 Å². The lowest BCUT2D eigenvalue weighted by atomic mass is 10.0. The molecule has 30 heavy (non-hydrogen) atoms. The number of methoxy groups -OCH3 is 1. The molecule has 2 aromatic carbocycles. The number of carbonyl (C=O) groups is 3. The summed E-state index contributed by atoms with van der Waals surface area (Å²) in [7, 11) is 1.28. The zero-order chi connectivity index (χ0) is 21.5. The second-order valence-electron chi connectivity index (χ2n) is 6.88. The summed E-state index contributed by atoms with van der Waals surface area (Å²) in [5, 5.41) is 6.27. The van der Waals surface area contributed by atoms with Crippen LogP contribution in [-0.4, -0.2) is 36.0 Å². The zero-order valence-electron chi connectivity index (χ0n) is 16.6. The molecular weight excluding hydrogens is 384 g/mol. The second-order valence-corrected chi connectivity index (χ2v) is 6.88. The third-order valence-corrected chi connectivity index (χ3v) is 4.83. The quantitative estimate of drug-likeness (QED) is 0.426. The van der Waals surface area contributed by atoms with Crippen molar-refractivity contribution in [1.29, 1.82) is 0 Å². The van der Waals surface area contributed by atoms with Gasteiger partial charge in [-0.1, -0.05) is 48.5 Å². The van der Waals surface area contributed by atoms with Crippen LogP contribution in [-0.2, 0) is 20.7 Å². The van der Waals surface area contributed by atoms with Gasteiger partial charge in [-0.2, -0.15) is 0 Å². The number of aromatic nitrogens is 1. The Kier molecular flexibility index (Phi) is 6.69. The lowest BCUT2D eigenvalue weighted by molar-refractivity contribution is -0.145. The van der Waals surface area contributed by atoms with Gasteiger partial charge in [0, 0.05) is 23.5 Å². The van der Waals surface area contributed by atoms with E-state index < -0.39 is 30.0 Å². The topological polar surface area (TPSA) is 126 Å². The fourth-order valence-electron chi connectivity index (χ4n) is 3.40. The maximum Gasteiger partial charge on any atom is 0.328 e. The number of amides is 3. The standard InChI is InChI=1S/C22H24N4O4/c1-30-21(28)19(11-15-13-24-17-10-6-5-9-16(15)17)25-20(27)12-18(26-22(23)29)14-7-3-2-4-8-14/h2-10,13,18-19,24H,11-12H2,1H3,(H,25,27)(H3,23,26,29). The van der Waals surface area contributed by atoms with Crippen LogP contribution in [0.1, 0.15) is 23.6 Å². The molecular formula is C22H24N4O4. The van der Waals surface area contributed by atoms with Crippen molar-refractivity contribution in [1.82, 2.24) is 15.6 Å². The highest BCUT2D eigenvalue weighted by Crippen LogP contribution is 2.20. The number of esters is 1. The Morgan fingerprint density at radius 2 is 1.73 bits per heavy atom. The van der Waals surface area contributed by atoms with Gasteiger partial charge in [0.1, 0.15) is 6.04 Å². The predicted molar refractivity (Wildman–Crippen MR) is 112 cm³/mol. The van der Waals surface area contributed by atoms with Crippen LogP contribution in [0.2, 0.25) is 0 Å². The van der Waals surface area contributed by atoms with E-state index in [0.29, 0.717) is 0 Å². The van der Waals surface area contributed by atoms with E-state index in [-0.39, 0.29) is 12.8 Å². The first-order valence-electron chi connectivity index (χ1n) is 9.51. The molecule has 0 aliphatic carbocycles. The zero-order valence-corrected chi connectivity index (χ0v) is 16.6. The molecule has 3 rings (SSSR count). The van der Waals surface area contributed by atoms with Crippen molar-refractivity contribution in [3.05, 3.63) is 71.9 Å². The average Bonchev–Trinajstić information content (AvgIpc) is 3.15. The smallest absolute Gasteiger partial charge is 0.328 e. The Labute approximate surface area is 173 Å². The average molecular weight is 408 g/mol. The Balaban J connectivity index is 1.74. The van der Waals surface area contributed by atoms with Crippen LogP contribution >= 0.6 is 0 Å². The molecule has 2 unspecified atom stereocenters. The van der Waals surface area contributed by atoms with Crippen LogP contribution in [0, 0.1) is 0 Å². The fraction of sp³-hybridized carbons (Fsp3) is 0.227. The van der Waals surface area contributed by atoms with Gasteiger partial charge in [-0.05, 0) is 17.2 Å². The van der Waals surface area contributed by atoms with E-state index in [1.165, 1.54) is 7.11 Å². The molecule has 3 aromatic rings. The third kappa shape index (κ3) is 5.16. The summed E-state index contributed by atoms with van der Waals surface area (Å²) >= 11 is 0. The normalized spacial score (nSPS) is 12.7. The highest BCUT2D eigenvalue weighted by atomic mass is 16.5. The highest BCUT2D eigenvalue weighted by molar-refractivity contribution is 5.87. The van der Waals surface area contributed by atoms with Crippen molar-refractivity contribution < 1.29 is 19.1 Å². The molecule has 0 radical (unpaired) electrons. The molecule has 1 heterocycles. The fourth-order valence-corrected chi connectivity index (χ4v) is 3.40. The number of rotatable bonds is 8. The number of hydrogen-bond acceptors (Lipinski definition) is 4.